The molecule has 2 aromatic rings. The fraction of sp³-hybridized carbons (Fsp3) is 0.125. The Balaban J connectivity index is 2.76. The molecule has 0 unspecified atom stereocenters. The SMILES string of the molecule is [NH3+]Cc1[nH]c2ccc(F)c(F)c2[nH+]1. The molecule has 0 aliphatic carbocycles. The topological polar surface area (TPSA) is 57.6 Å². The average Bonchev–Trinajstić information content (AvgIpc) is 2.55. The lowest BCUT2D eigenvalue weighted by Gasteiger charge is -1.87. The standard InChI is InChI=1S/C8H7F2N3/c9-4-1-2-5-8(7(4)10)13-6(3-11)12-5/h1-2H,3,11H2,(H,12,13)/p+2. The summed E-state index contributed by atoms with van der Waals surface area (Å²) in [4.78, 5) is 5.61. The van der Waals surface area contributed by atoms with E-state index in [1.54, 1.807) is 0 Å². The van der Waals surface area contributed by atoms with Gasteiger partial charge in [-0.15, -0.1) is 0 Å². The third-order valence-corrected chi connectivity index (χ3v) is 1.91. The summed E-state index contributed by atoms with van der Waals surface area (Å²) < 4.78 is 25.8. The van der Waals surface area contributed by atoms with E-state index in [-0.39, 0.29) is 5.52 Å². The molecular formula is C8H9F2N3+2. The molecule has 1 aromatic heterocycles. The van der Waals surface area contributed by atoms with Crippen molar-refractivity contribution >= 4 is 11.0 Å². The summed E-state index contributed by atoms with van der Waals surface area (Å²) >= 11 is 0. The van der Waals surface area contributed by atoms with Crippen LogP contribution < -0.4 is 10.7 Å². The summed E-state index contributed by atoms with van der Waals surface area (Å²) in [5, 5.41) is 0. The highest BCUT2D eigenvalue weighted by atomic mass is 19.2. The second-order valence-corrected chi connectivity index (χ2v) is 2.76. The minimum atomic E-state index is -0.853. The first-order chi connectivity index (χ1) is 6.22. The number of fused-ring (bicyclic) bond motifs is 1. The molecule has 5 heteroatoms. The van der Waals surface area contributed by atoms with Crippen LogP contribution in [0, 0.1) is 11.6 Å². The Morgan fingerprint density at radius 3 is 2.85 bits per heavy atom. The molecule has 68 valence electrons. The predicted octanol–water partition coefficient (Wildman–Crippen LogP) is 0.00210. The second-order valence-electron chi connectivity index (χ2n) is 2.76. The first kappa shape index (κ1) is 8.12. The average molecular weight is 185 g/mol. The van der Waals surface area contributed by atoms with Crippen molar-refractivity contribution in [1.29, 1.82) is 0 Å². The molecule has 0 aliphatic rings. The van der Waals surface area contributed by atoms with Crippen LogP contribution in [0.2, 0.25) is 0 Å². The van der Waals surface area contributed by atoms with E-state index in [1.165, 1.54) is 6.07 Å². The predicted molar refractivity (Wildman–Crippen MR) is 41.4 cm³/mol. The van der Waals surface area contributed by atoms with E-state index in [0.29, 0.717) is 17.9 Å². The molecule has 0 atom stereocenters. The largest absolute Gasteiger partial charge is 0.348 e. The molecule has 0 amide bonds. The summed E-state index contributed by atoms with van der Waals surface area (Å²) in [6, 6.07) is 2.58. The fourth-order valence-electron chi connectivity index (χ4n) is 1.25. The summed E-state index contributed by atoms with van der Waals surface area (Å²) in [6.07, 6.45) is 0. The summed E-state index contributed by atoms with van der Waals surface area (Å²) in [5.74, 6) is -1.02. The lowest BCUT2D eigenvalue weighted by molar-refractivity contribution is -0.445. The molecular weight excluding hydrogens is 176 g/mol. The van der Waals surface area contributed by atoms with Crippen LogP contribution in [0.15, 0.2) is 12.1 Å². The van der Waals surface area contributed by atoms with Crippen LogP contribution in [0.4, 0.5) is 8.78 Å². The molecule has 0 bridgehead atoms. The van der Waals surface area contributed by atoms with Gasteiger partial charge in [-0.2, -0.15) is 4.39 Å². The molecule has 13 heavy (non-hydrogen) atoms. The fourth-order valence-corrected chi connectivity index (χ4v) is 1.25. The highest BCUT2D eigenvalue weighted by molar-refractivity contribution is 5.71. The highest BCUT2D eigenvalue weighted by Gasteiger charge is 2.16. The molecule has 0 radical (unpaired) electrons. The van der Waals surface area contributed by atoms with Crippen molar-refractivity contribution in [3.8, 4) is 0 Å². The van der Waals surface area contributed by atoms with Crippen LogP contribution in [0.3, 0.4) is 0 Å². The maximum atomic E-state index is 13.1. The number of halogens is 2. The Bertz CT molecular complexity index is 450. The number of H-pyrrole nitrogens is 2. The van der Waals surface area contributed by atoms with Gasteiger partial charge in [0.15, 0.2) is 17.9 Å². The molecule has 0 saturated heterocycles. The Hall–Kier alpha value is -1.49. The van der Waals surface area contributed by atoms with E-state index in [2.05, 4.69) is 15.7 Å². The van der Waals surface area contributed by atoms with E-state index in [9.17, 15) is 8.78 Å². The van der Waals surface area contributed by atoms with Crippen molar-refractivity contribution in [3.05, 3.63) is 29.6 Å². The van der Waals surface area contributed by atoms with E-state index < -0.39 is 11.6 Å². The van der Waals surface area contributed by atoms with Gasteiger partial charge in [0.25, 0.3) is 0 Å². The number of nitrogens with one attached hydrogen (secondary N) is 2. The zero-order valence-electron chi connectivity index (χ0n) is 6.82. The quantitative estimate of drug-likeness (QED) is 0.628. The Kier molecular flexibility index (Phi) is 1.73. The lowest BCUT2D eigenvalue weighted by atomic mass is 10.3. The number of hydrogen-bond donors (Lipinski definition) is 2. The monoisotopic (exact) mass is 185 g/mol. The van der Waals surface area contributed by atoms with E-state index in [1.807, 2.05) is 0 Å². The molecule has 0 fully saturated rings. The zero-order valence-corrected chi connectivity index (χ0v) is 6.82. The number of rotatable bonds is 1. The normalized spacial score (nSPS) is 11.0. The number of aromatic nitrogens is 2. The van der Waals surface area contributed by atoms with Gasteiger partial charge in [-0.3, -0.25) is 0 Å². The van der Waals surface area contributed by atoms with Gasteiger partial charge in [0.2, 0.25) is 11.3 Å². The Labute approximate surface area is 72.6 Å². The number of hydrogen-bond acceptors (Lipinski definition) is 0. The van der Waals surface area contributed by atoms with Gasteiger partial charge in [-0.05, 0) is 12.1 Å². The highest BCUT2D eigenvalue weighted by Crippen LogP contribution is 2.14. The minimum absolute atomic E-state index is 0.165. The lowest BCUT2D eigenvalue weighted by Crippen LogP contribution is -2.49. The maximum Gasteiger partial charge on any atom is 0.309 e. The minimum Gasteiger partial charge on any atom is -0.348 e. The van der Waals surface area contributed by atoms with Crippen molar-refractivity contribution < 1.29 is 19.5 Å². The van der Waals surface area contributed by atoms with Crippen LogP contribution in [-0.4, -0.2) is 4.98 Å². The van der Waals surface area contributed by atoms with Crippen molar-refractivity contribution in [2.75, 3.05) is 0 Å². The summed E-state index contributed by atoms with van der Waals surface area (Å²) in [6.45, 7) is 0.482. The van der Waals surface area contributed by atoms with E-state index in [4.69, 9.17) is 0 Å². The van der Waals surface area contributed by atoms with Crippen molar-refractivity contribution in [2.45, 2.75) is 6.54 Å². The van der Waals surface area contributed by atoms with Gasteiger partial charge in [-0.25, -0.2) is 14.4 Å². The maximum absolute atomic E-state index is 13.1. The van der Waals surface area contributed by atoms with Crippen molar-refractivity contribution in [3.63, 3.8) is 0 Å². The van der Waals surface area contributed by atoms with Gasteiger partial charge >= 0.3 is 5.82 Å². The second kappa shape index (κ2) is 2.77. The zero-order chi connectivity index (χ0) is 9.42. The third kappa shape index (κ3) is 1.17. The van der Waals surface area contributed by atoms with Crippen LogP contribution in [0.5, 0.6) is 0 Å². The first-order valence-corrected chi connectivity index (χ1v) is 3.89. The molecule has 5 N–H and O–H groups in total. The molecule has 3 nitrogen and oxygen atoms in total. The van der Waals surface area contributed by atoms with Gasteiger partial charge in [0, 0.05) is 0 Å². The molecule has 1 aromatic carbocycles. The van der Waals surface area contributed by atoms with Crippen molar-refractivity contribution in [2.24, 2.45) is 0 Å². The van der Waals surface area contributed by atoms with Crippen LogP contribution in [-0.2, 0) is 6.54 Å². The Morgan fingerprint density at radius 1 is 1.38 bits per heavy atom. The molecule has 0 spiro atoms. The number of imidazole rings is 1. The van der Waals surface area contributed by atoms with Gasteiger partial charge in [0.1, 0.15) is 0 Å². The molecule has 2 rings (SSSR count). The molecule has 1 heterocycles. The Morgan fingerprint density at radius 2 is 2.15 bits per heavy atom. The van der Waals surface area contributed by atoms with Crippen molar-refractivity contribution in [1.82, 2.24) is 4.98 Å². The molecule has 0 aliphatic heterocycles. The van der Waals surface area contributed by atoms with Gasteiger partial charge in [-0.1, -0.05) is 0 Å². The molecule has 0 saturated carbocycles. The number of benzene rings is 1. The third-order valence-electron chi connectivity index (χ3n) is 1.91. The van der Waals surface area contributed by atoms with Crippen LogP contribution >= 0.6 is 0 Å². The smallest absolute Gasteiger partial charge is 0.309 e. The summed E-state index contributed by atoms with van der Waals surface area (Å²) in [7, 11) is 0. The summed E-state index contributed by atoms with van der Waals surface area (Å²) in [5.41, 5.74) is 4.34. The number of quaternary nitrogens is 1. The van der Waals surface area contributed by atoms with Gasteiger partial charge < -0.3 is 5.73 Å². The van der Waals surface area contributed by atoms with Crippen LogP contribution in [0.1, 0.15) is 5.82 Å². The van der Waals surface area contributed by atoms with Crippen LogP contribution in [0.25, 0.3) is 11.0 Å². The van der Waals surface area contributed by atoms with Gasteiger partial charge in [0.05, 0.1) is 0 Å². The number of aromatic amines is 2. The first-order valence-electron chi connectivity index (χ1n) is 3.89. The van der Waals surface area contributed by atoms with E-state index >= 15 is 0 Å². The van der Waals surface area contributed by atoms with E-state index in [0.717, 1.165) is 6.07 Å².